The summed E-state index contributed by atoms with van der Waals surface area (Å²) in [6.07, 6.45) is 1.79. The van der Waals surface area contributed by atoms with Gasteiger partial charge in [0, 0.05) is 37.3 Å². The molecule has 3 rings (SSSR count). The number of hydrogen-bond donors (Lipinski definition) is 2. The molecule has 5 heteroatoms. The topological polar surface area (TPSA) is 57.6 Å². The Labute approximate surface area is 124 Å². The van der Waals surface area contributed by atoms with Crippen LogP contribution >= 0.6 is 0 Å². The molecular weight excluding hydrogens is 266 g/mol. The highest BCUT2D eigenvalue weighted by Gasteiger charge is 2.14. The molecule has 0 radical (unpaired) electrons. The van der Waals surface area contributed by atoms with E-state index in [2.05, 4.69) is 22.1 Å². The minimum Gasteiger partial charge on any atom is -0.508 e. The number of anilines is 1. The summed E-state index contributed by atoms with van der Waals surface area (Å²) >= 11 is 0. The van der Waals surface area contributed by atoms with Crippen LogP contribution in [0.15, 0.2) is 30.5 Å². The van der Waals surface area contributed by atoms with Gasteiger partial charge in [0.15, 0.2) is 0 Å². The number of phenols is 1. The van der Waals surface area contributed by atoms with Crippen LogP contribution in [0.2, 0.25) is 0 Å². The zero-order valence-electron chi connectivity index (χ0n) is 12.2. The van der Waals surface area contributed by atoms with Crippen LogP contribution in [-0.4, -0.2) is 53.9 Å². The molecule has 21 heavy (non-hydrogen) atoms. The normalized spacial score (nSPS) is 17.8. The van der Waals surface area contributed by atoms with Crippen LogP contribution in [0, 0.1) is 0 Å². The molecule has 112 valence electrons. The van der Waals surface area contributed by atoms with Gasteiger partial charge in [0.05, 0.1) is 13.2 Å². The maximum Gasteiger partial charge on any atom is 0.134 e. The van der Waals surface area contributed by atoms with Crippen molar-refractivity contribution in [2.45, 2.75) is 13.0 Å². The first-order valence-corrected chi connectivity index (χ1v) is 7.37. The number of aromatic hydroxyl groups is 1. The Bertz CT molecular complexity index is 611. The largest absolute Gasteiger partial charge is 0.508 e. The number of hydrogen-bond acceptors (Lipinski definition) is 5. The van der Waals surface area contributed by atoms with Gasteiger partial charge in [0.1, 0.15) is 11.6 Å². The van der Waals surface area contributed by atoms with Gasteiger partial charge in [-0.15, -0.1) is 0 Å². The number of nitrogens with zero attached hydrogens (tertiary/aromatic N) is 2. The Kier molecular flexibility index (Phi) is 4.22. The fourth-order valence-electron chi connectivity index (χ4n) is 2.72. The number of ether oxygens (including phenoxy) is 1. The summed E-state index contributed by atoms with van der Waals surface area (Å²) in [5.74, 6) is 1.09. The van der Waals surface area contributed by atoms with E-state index < -0.39 is 0 Å². The molecule has 1 fully saturated rings. The molecule has 1 atom stereocenters. The fraction of sp³-hybridized carbons (Fsp3) is 0.438. The minimum atomic E-state index is 0.263. The Balaban J connectivity index is 1.73. The van der Waals surface area contributed by atoms with Gasteiger partial charge in [-0.25, -0.2) is 4.98 Å². The van der Waals surface area contributed by atoms with Crippen LogP contribution in [0.4, 0.5) is 5.82 Å². The van der Waals surface area contributed by atoms with E-state index >= 15 is 0 Å². The first-order chi connectivity index (χ1) is 10.2. The molecule has 1 aliphatic heterocycles. The van der Waals surface area contributed by atoms with Gasteiger partial charge in [0.2, 0.25) is 0 Å². The van der Waals surface area contributed by atoms with Crippen molar-refractivity contribution in [1.82, 2.24) is 9.88 Å². The Morgan fingerprint density at radius 2 is 2.14 bits per heavy atom. The summed E-state index contributed by atoms with van der Waals surface area (Å²) in [5.41, 5.74) is 0. The molecule has 0 amide bonds. The zero-order chi connectivity index (χ0) is 14.7. The summed E-state index contributed by atoms with van der Waals surface area (Å²) in [5, 5.41) is 15.2. The predicted octanol–water partition coefficient (Wildman–Crippen LogP) is 2.07. The van der Waals surface area contributed by atoms with Crippen LogP contribution in [0.3, 0.4) is 0 Å². The zero-order valence-corrected chi connectivity index (χ0v) is 12.2. The van der Waals surface area contributed by atoms with Crippen molar-refractivity contribution >= 4 is 16.6 Å². The molecule has 1 saturated heterocycles. The third-order valence-electron chi connectivity index (χ3n) is 3.77. The van der Waals surface area contributed by atoms with Gasteiger partial charge in [0.25, 0.3) is 0 Å². The van der Waals surface area contributed by atoms with E-state index in [1.165, 1.54) is 0 Å². The Morgan fingerprint density at radius 3 is 2.95 bits per heavy atom. The molecule has 1 aromatic carbocycles. The molecule has 0 spiro atoms. The van der Waals surface area contributed by atoms with E-state index in [-0.39, 0.29) is 11.8 Å². The number of pyridine rings is 1. The summed E-state index contributed by atoms with van der Waals surface area (Å²) in [6, 6.07) is 7.59. The lowest BCUT2D eigenvalue weighted by Gasteiger charge is -2.29. The fourth-order valence-corrected chi connectivity index (χ4v) is 2.72. The second-order valence-corrected chi connectivity index (χ2v) is 5.52. The monoisotopic (exact) mass is 287 g/mol. The lowest BCUT2D eigenvalue weighted by atomic mass is 10.1. The molecule has 0 saturated carbocycles. The summed E-state index contributed by atoms with van der Waals surface area (Å²) in [4.78, 5) is 6.81. The SMILES string of the molecule is CC(CN1CCOCC1)Nc1nccc2ccc(O)cc12. The summed E-state index contributed by atoms with van der Waals surface area (Å²) < 4.78 is 5.37. The van der Waals surface area contributed by atoms with E-state index in [1.54, 1.807) is 18.3 Å². The smallest absolute Gasteiger partial charge is 0.134 e. The number of nitrogens with one attached hydrogen (secondary N) is 1. The third kappa shape index (κ3) is 3.43. The highest BCUT2D eigenvalue weighted by atomic mass is 16.5. The molecule has 1 aliphatic rings. The third-order valence-corrected chi connectivity index (χ3v) is 3.77. The lowest BCUT2D eigenvalue weighted by molar-refractivity contribution is 0.0368. The average Bonchev–Trinajstić information content (AvgIpc) is 2.49. The minimum absolute atomic E-state index is 0.263. The molecule has 0 aliphatic carbocycles. The van der Waals surface area contributed by atoms with Crippen molar-refractivity contribution in [2.24, 2.45) is 0 Å². The van der Waals surface area contributed by atoms with Gasteiger partial charge in [-0.3, -0.25) is 4.90 Å². The molecule has 5 nitrogen and oxygen atoms in total. The molecule has 0 bridgehead atoms. The Morgan fingerprint density at radius 1 is 1.33 bits per heavy atom. The van der Waals surface area contributed by atoms with Crippen LogP contribution in [0.1, 0.15) is 6.92 Å². The standard InChI is InChI=1S/C16H21N3O2/c1-12(11-19-6-8-21-9-7-19)18-16-15-10-14(20)3-2-13(15)4-5-17-16/h2-5,10,12,20H,6-9,11H2,1H3,(H,17,18). The molecule has 2 N–H and O–H groups in total. The quantitative estimate of drug-likeness (QED) is 0.901. The molecule has 2 heterocycles. The van der Waals surface area contributed by atoms with E-state index in [9.17, 15) is 5.11 Å². The maximum atomic E-state index is 9.67. The first kappa shape index (κ1) is 14.1. The van der Waals surface area contributed by atoms with Crippen molar-refractivity contribution in [3.63, 3.8) is 0 Å². The van der Waals surface area contributed by atoms with Gasteiger partial charge in [-0.05, 0) is 30.5 Å². The molecule has 2 aromatic rings. The summed E-state index contributed by atoms with van der Waals surface area (Å²) in [7, 11) is 0. The van der Waals surface area contributed by atoms with Crippen LogP contribution in [-0.2, 0) is 4.74 Å². The molecular formula is C16H21N3O2. The number of phenolic OH excluding ortho intramolecular Hbond substituents is 1. The van der Waals surface area contributed by atoms with Crippen molar-refractivity contribution in [3.8, 4) is 5.75 Å². The van der Waals surface area contributed by atoms with Crippen molar-refractivity contribution in [1.29, 1.82) is 0 Å². The van der Waals surface area contributed by atoms with E-state index in [1.807, 2.05) is 12.1 Å². The number of rotatable bonds is 4. The van der Waals surface area contributed by atoms with Gasteiger partial charge >= 0.3 is 0 Å². The Hall–Kier alpha value is -1.85. The highest BCUT2D eigenvalue weighted by molar-refractivity contribution is 5.92. The van der Waals surface area contributed by atoms with E-state index in [0.29, 0.717) is 0 Å². The number of morpholine rings is 1. The maximum absolute atomic E-state index is 9.67. The van der Waals surface area contributed by atoms with E-state index in [0.717, 1.165) is 49.4 Å². The lowest BCUT2D eigenvalue weighted by Crippen LogP contribution is -2.42. The average molecular weight is 287 g/mol. The van der Waals surface area contributed by atoms with Crippen LogP contribution in [0.25, 0.3) is 10.8 Å². The molecule has 1 unspecified atom stereocenters. The van der Waals surface area contributed by atoms with Crippen molar-refractivity contribution < 1.29 is 9.84 Å². The second-order valence-electron chi connectivity index (χ2n) is 5.52. The number of fused-ring (bicyclic) bond motifs is 1. The summed E-state index contributed by atoms with van der Waals surface area (Å²) in [6.45, 7) is 6.70. The predicted molar refractivity (Wildman–Crippen MR) is 83.8 cm³/mol. The first-order valence-electron chi connectivity index (χ1n) is 7.37. The highest BCUT2D eigenvalue weighted by Crippen LogP contribution is 2.25. The number of benzene rings is 1. The van der Waals surface area contributed by atoms with Crippen LogP contribution < -0.4 is 5.32 Å². The van der Waals surface area contributed by atoms with Crippen molar-refractivity contribution in [2.75, 3.05) is 38.2 Å². The molecule has 1 aromatic heterocycles. The number of aromatic nitrogens is 1. The van der Waals surface area contributed by atoms with Gasteiger partial charge < -0.3 is 15.2 Å². The van der Waals surface area contributed by atoms with Gasteiger partial charge in [-0.2, -0.15) is 0 Å². The van der Waals surface area contributed by atoms with E-state index in [4.69, 9.17) is 4.74 Å². The van der Waals surface area contributed by atoms with Crippen LogP contribution in [0.5, 0.6) is 5.75 Å². The second kappa shape index (κ2) is 6.28. The van der Waals surface area contributed by atoms with Gasteiger partial charge in [-0.1, -0.05) is 6.07 Å². The van der Waals surface area contributed by atoms with Crippen molar-refractivity contribution in [3.05, 3.63) is 30.5 Å².